The number of carbonyl (C=O) groups is 1. The molecule has 1 amide bonds. The fourth-order valence-corrected chi connectivity index (χ4v) is 2.25. The van der Waals surface area contributed by atoms with Crippen LogP contribution in [0.3, 0.4) is 0 Å². The van der Waals surface area contributed by atoms with Crippen LogP contribution in [0.2, 0.25) is 0 Å². The quantitative estimate of drug-likeness (QED) is 0.703. The first-order chi connectivity index (χ1) is 9.34. The molecule has 0 N–H and O–H groups in total. The minimum absolute atomic E-state index is 0.396. The van der Waals surface area contributed by atoms with Crippen molar-refractivity contribution < 1.29 is 9.53 Å². The molecule has 1 saturated carbocycles. The molecule has 1 aromatic rings. The lowest BCUT2D eigenvalue weighted by Gasteiger charge is -2.24. The van der Waals surface area contributed by atoms with Crippen molar-refractivity contribution in [3.63, 3.8) is 0 Å². The maximum absolute atomic E-state index is 11.4. The third-order valence-corrected chi connectivity index (χ3v) is 3.68. The normalized spacial score (nSPS) is 14.7. The van der Waals surface area contributed by atoms with Crippen LogP contribution < -0.4 is 5.32 Å². The molecule has 0 spiro atoms. The Morgan fingerprint density at radius 2 is 2.05 bits per heavy atom. The van der Waals surface area contributed by atoms with Gasteiger partial charge in [-0.3, -0.25) is 0 Å². The molecule has 1 fully saturated rings. The fourth-order valence-electron chi connectivity index (χ4n) is 2.25. The Morgan fingerprint density at radius 3 is 2.74 bits per heavy atom. The number of rotatable bonds is 7. The summed E-state index contributed by atoms with van der Waals surface area (Å²) in [6.45, 7) is 1.09. The topological polar surface area (TPSA) is 40.4 Å². The van der Waals surface area contributed by atoms with Gasteiger partial charge in [-0.25, -0.2) is 10.1 Å². The number of amides is 1. The fraction of sp³-hybridized carbons (Fsp3) is 0.562. The molecule has 3 heteroatoms. The second-order valence-electron chi connectivity index (χ2n) is 5.17. The molecule has 1 aliphatic rings. The third kappa shape index (κ3) is 5.33. The van der Waals surface area contributed by atoms with E-state index in [1.165, 1.54) is 24.8 Å². The van der Waals surface area contributed by atoms with Crippen molar-refractivity contribution in [2.75, 3.05) is 13.2 Å². The Labute approximate surface area is 115 Å². The zero-order chi connectivity index (χ0) is 13.3. The molecule has 1 radical (unpaired) electrons. The van der Waals surface area contributed by atoms with Crippen molar-refractivity contribution in [3.05, 3.63) is 35.9 Å². The maximum Gasteiger partial charge on any atom is 0.428 e. The van der Waals surface area contributed by atoms with Crippen LogP contribution in [0.25, 0.3) is 0 Å². The third-order valence-electron chi connectivity index (χ3n) is 3.68. The van der Waals surface area contributed by atoms with Crippen LogP contribution in [-0.2, 0) is 11.2 Å². The van der Waals surface area contributed by atoms with Crippen molar-refractivity contribution in [1.82, 2.24) is 5.32 Å². The van der Waals surface area contributed by atoms with Crippen molar-refractivity contribution in [1.29, 1.82) is 0 Å². The first-order valence-corrected chi connectivity index (χ1v) is 7.23. The average Bonchev–Trinajstić information content (AvgIpc) is 2.39. The Balaban J connectivity index is 1.47. The lowest BCUT2D eigenvalue weighted by molar-refractivity contribution is 0.142. The highest BCUT2D eigenvalue weighted by molar-refractivity contribution is 5.66. The largest absolute Gasteiger partial charge is 0.448 e. The molecule has 0 atom stereocenters. The highest BCUT2D eigenvalue weighted by atomic mass is 16.5. The number of carbonyl (C=O) groups excluding carboxylic acids is 1. The highest BCUT2D eigenvalue weighted by Crippen LogP contribution is 2.28. The minimum atomic E-state index is -0.396. The van der Waals surface area contributed by atoms with E-state index in [-0.39, 0.29) is 0 Å². The van der Waals surface area contributed by atoms with E-state index in [1.54, 1.807) is 0 Å². The summed E-state index contributed by atoms with van der Waals surface area (Å²) in [6.07, 6.45) is 6.40. The summed E-state index contributed by atoms with van der Waals surface area (Å²) in [5.74, 6) is 0.801. The van der Waals surface area contributed by atoms with Crippen molar-refractivity contribution >= 4 is 6.09 Å². The molecule has 103 valence electrons. The molecule has 19 heavy (non-hydrogen) atoms. The van der Waals surface area contributed by atoms with E-state index in [2.05, 4.69) is 17.4 Å². The Bertz CT molecular complexity index is 374. The lowest BCUT2D eigenvalue weighted by atomic mass is 9.83. The van der Waals surface area contributed by atoms with Gasteiger partial charge in [0.15, 0.2) is 0 Å². The van der Waals surface area contributed by atoms with E-state index in [1.807, 2.05) is 18.2 Å². The molecule has 0 saturated heterocycles. The summed E-state index contributed by atoms with van der Waals surface area (Å²) in [4.78, 5) is 11.4. The van der Waals surface area contributed by atoms with E-state index >= 15 is 0 Å². The molecule has 1 aromatic carbocycles. The predicted octanol–water partition coefficient (Wildman–Crippen LogP) is 3.55. The lowest BCUT2D eigenvalue weighted by Crippen LogP contribution is -2.22. The molecule has 3 nitrogen and oxygen atoms in total. The second-order valence-corrected chi connectivity index (χ2v) is 5.17. The van der Waals surface area contributed by atoms with Crippen molar-refractivity contribution in [3.8, 4) is 0 Å². The van der Waals surface area contributed by atoms with Crippen LogP contribution in [0, 0.1) is 5.92 Å². The van der Waals surface area contributed by atoms with E-state index in [0.29, 0.717) is 13.2 Å². The van der Waals surface area contributed by atoms with Gasteiger partial charge in [-0.15, -0.1) is 0 Å². The summed E-state index contributed by atoms with van der Waals surface area (Å²) >= 11 is 0. The van der Waals surface area contributed by atoms with Crippen LogP contribution >= 0.6 is 0 Å². The first-order valence-electron chi connectivity index (χ1n) is 7.23. The Morgan fingerprint density at radius 1 is 1.26 bits per heavy atom. The van der Waals surface area contributed by atoms with Crippen LogP contribution in [0.1, 0.15) is 37.7 Å². The van der Waals surface area contributed by atoms with Gasteiger partial charge in [-0.2, -0.15) is 0 Å². The van der Waals surface area contributed by atoms with Crippen LogP contribution in [0.15, 0.2) is 30.3 Å². The summed E-state index contributed by atoms with van der Waals surface area (Å²) in [5.41, 5.74) is 1.28. The van der Waals surface area contributed by atoms with Gasteiger partial charge in [0.1, 0.15) is 0 Å². The first kappa shape index (κ1) is 13.9. The monoisotopic (exact) mass is 260 g/mol. The van der Waals surface area contributed by atoms with Gasteiger partial charge < -0.3 is 4.74 Å². The van der Waals surface area contributed by atoms with Crippen LogP contribution in [0.4, 0.5) is 4.79 Å². The molecular formula is C16H22NO2. The number of ether oxygens (including phenoxy) is 1. The number of benzene rings is 1. The van der Waals surface area contributed by atoms with E-state index < -0.39 is 6.09 Å². The van der Waals surface area contributed by atoms with Crippen molar-refractivity contribution in [2.45, 2.75) is 38.5 Å². The van der Waals surface area contributed by atoms with E-state index in [0.717, 1.165) is 25.2 Å². The van der Waals surface area contributed by atoms with E-state index in [4.69, 9.17) is 4.74 Å². The van der Waals surface area contributed by atoms with Gasteiger partial charge in [0.05, 0.1) is 6.61 Å². The molecule has 2 rings (SSSR count). The van der Waals surface area contributed by atoms with Gasteiger partial charge in [0.2, 0.25) is 0 Å². The molecule has 1 aliphatic carbocycles. The highest BCUT2D eigenvalue weighted by Gasteiger charge is 2.17. The maximum atomic E-state index is 11.4. The van der Waals surface area contributed by atoms with Gasteiger partial charge in [0.25, 0.3) is 0 Å². The van der Waals surface area contributed by atoms with Gasteiger partial charge in [-0.05, 0) is 30.7 Å². The van der Waals surface area contributed by atoms with Gasteiger partial charge in [0, 0.05) is 6.54 Å². The standard InChI is InChI=1S/C16H22NO2/c18-16(17-12-11-15-8-4-9-15)19-13-5-10-14-6-2-1-3-7-14/h1-3,6-7,15H,4-5,8-13H2. The van der Waals surface area contributed by atoms with Crippen molar-refractivity contribution in [2.24, 2.45) is 5.92 Å². The molecule has 0 bridgehead atoms. The van der Waals surface area contributed by atoms with Crippen LogP contribution in [0.5, 0.6) is 0 Å². The zero-order valence-corrected chi connectivity index (χ0v) is 11.4. The Hall–Kier alpha value is -1.51. The molecule has 0 aromatic heterocycles. The zero-order valence-electron chi connectivity index (χ0n) is 11.4. The van der Waals surface area contributed by atoms with Gasteiger partial charge >= 0.3 is 6.09 Å². The average molecular weight is 260 g/mol. The summed E-state index contributed by atoms with van der Waals surface area (Å²) in [7, 11) is 0. The summed E-state index contributed by atoms with van der Waals surface area (Å²) in [5, 5.41) is 3.93. The van der Waals surface area contributed by atoms with Crippen LogP contribution in [-0.4, -0.2) is 19.2 Å². The smallest absolute Gasteiger partial charge is 0.428 e. The summed E-state index contributed by atoms with van der Waals surface area (Å²) in [6, 6.07) is 10.2. The number of hydrogen-bond acceptors (Lipinski definition) is 2. The minimum Gasteiger partial charge on any atom is -0.448 e. The molecule has 0 aliphatic heterocycles. The predicted molar refractivity (Wildman–Crippen MR) is 75.1 cm³/mol. The SMILES string of the molecule is O=C([N]CCC1CCC1)OCCCc1ccccc1. The second kappa shape index (κ2) is 7.82. The van der Waals surface area contributed by atoms with E-state index in [9.17, 15) is 4.79 Å². The summed E-state index contributed by atoms with van der Waals surface area (Å²) < 4.78 is 5.09. The molecular weight excluding hydrogens is 238 g/mol. The number of nitrogens with zero attached hydrogens (tertiary/aromatic N) is 1. The number of hydrogen-bond donors (Lipinski definition) is 0. The number of aryl methyl sites for hydroxylation is 1. The Kier molecular flexibility index (Phi) is 5.73. The van der Waals surface area contributed by atoms with Gasteiger partial charge in [-0.1, -0.05) is 49.6 Å². The molecule has 0 heterocycles. The molecule has 0 unspecified atom stereocenters.